The molecule has 18 heavy (non-hydrogen) atoms. The number of rotatable bonds is 6. The summed E-state index contributed by atoms with van der Waals surface area (Å²) in [6.07, 6.45) is 4.08. The molecule has 1 heterocycles. The van der Waals surface area contributed by atoms with Crippen LogP contribution < -0.4 is 4.72 Å². The Morgan fingerprint density at radius 3 is 2.61 bits per heavy atom. The summed E-state index contributed by atoms with van der Waals surface area (Å²) in [4.78, 5) is 10.9. The molecular weight excluding hydrogens is 258 g/mol. The van der Waals surface area contributed by atoms with Gasteiger partial charge in [0.15, 0.2) is 0 Å². The second kappa shape index (κ2) is 5.54. The standard InChI is InChI=1S/C11H19NO5S/c13-11(14)9-6-17-7-10(9)12-18(15,16)5-4-8-2-1-3-8/h8-10,12H,1-7H2,(H,13,14). The molecule has 1 aliphatic carbocycles. The average Bonchev–Trinajstić information content (AvgIpc) is 2.62. The highest BCUT2D eigenvalue weighted by atomic mass is 32.2. The van der Waals surface area contributed by atoms with Crippen LogP contribution in [-0.4, -0.2) is 44.5 Å². The minimum atomic E-state index is -3.40. The SMILES string of the molecule is O=C(O)C1COCC1NS(=O)(=O)CCC1CCC1. The first kappa shape index (κ1) is 13.8. The van der Waals surface area contributed by atoms with Gasteiger partial charge in [-0.25, -0.2) is 13.1 Å². The normalized spacial score (nSPS) is 29.1. The molecular formula is C11H19NO5S. The van der Waals surface area contributed by atoms with Crippen LogP contribution in [0.2, 0.25) is 0 Å². The molecule has 2 N–H and O–H groups in total. The summed E-state index contributed by atoms with van der Waals surface area (Å²) in [6, 6.07) is -0.631. The number of carbonyl (C=O) groups is 1. The molecule has 6 nitrogen and oxygen atoms in total. The van der Waals surface area contributed by atoms with E-state index in [1.54, 1.807) is 0 Å². The number of nitrogens with one attached hydrogen (secondary N) is 1. The van der Waals surface area contributed by atoms with E-state index in [-0.39, 0.29) is 19.0 Å². The molecule has 2 unspecified atom stereocenters. The van der Waals surface area contributed by atoms with Gasteiger partial charge in [0.2, 0.25) is 10.0 Å². The molecule has 7 heteroatoms. The van der Waals surface area contributed by atoms with Gasteiger partial charge in [-0.2, -0.15) is 0 Å². The summed E-state index contributed by atoms with van der Waals surface area (Å²) in [5.41, 5.74) is 0. The maximum Gasteiger partial charge on any atom is 0.310 e. The maximum atomic E-state index is 11.8. The molecule has 0 aromatic rings. The molecule has 0 aromatic carbocycles. The monoisotopic (exact) mass is 277 g/mol. The molecule has 2 fully saturated rings. The number of sulfonamides is 1. The van der Waals surface area contributed by atoms with Crippen LogP contribution in [0.5, 0.6) is 0 Å². The third-order valence-electron chi connectivity index (χ3n) is 3.75. The van der Waals surface area contributed by atoms with Crippen molar-refractivity contribution in [3.63, 3.8) is 0 Å². The minimum Gasteiger partial charge on any atom is -0.481 e. The number of hydrogen-bond acceptors (Lipinski definition) is 4. The van der Waals surface area contributed by atoms with E-state index in [2.05, 4.69) is 4.72 Å². The molecule has 1 aliphatic heterocycles. The Balaban J connectivity index is 1.84. The van der Waals surface area contributed by atoms with E-state index in [9.17, 15) is 13.2 Å². The molecule has 0 spiro atoms. The first-order chi connectivity index (χ1) is 8.48. The number of carboxylic acids is 1. The van der Waals surface area contributed by atoms with Crippen LogP contribution in [0.15, 0.2) is 0 Å². The summed E-state index contributed by atoms with van der Waals surface area (Å²) in [5.74, 6) is -1.18. The van der Waals surface area contributed by atoms with Crippen molar-refractivity contribution in [1.29, 1.82) is 0 Å². The predicted molar refractivity (Wildman–Crippen MR) is 64.6 cm³/mol. The summed E-state index contributed by atoms with van der Waals surface area (Å²) < 4.78 is 31.2. The molecule has 2 rings (SSSR count). The predicted octanol–water partition coefficient (Wildman–Crippen LogP) is 0.196. The maximum absolute atomic E-state index is 11.8. The van der Waals surface area contributed by atoms with Crippen LogP contribution in [0, 0.1) is 11.8 Å². The Morgan fingerprint density at radius 2 is 2.06 bits per heavy atom. The quantitative estimate of drug-likeness (QED) is 0.723. The van der Waals surface area contributed by atoms with Gasteiger partial charge in [-0.3, -0.25) is 4.79 Å². The van der Waals surface area contributed by atoms with Gasteiger partial charge in [-0.15, -0.1) is 0 Å². The van der Waals surface area contributed by atoms with Crippen LogP contribution in [0.3, 0.4) is 0 Å². The second-order valence-corrected chi connectivity index (χ2v) is 6.98. The lowest BCUT2D eigenvalue weighted by atomic mass is 9.84. The molecule has 104 valence electrons. The highest BCUT2D eigenvalue weighted by molar-refractivity contribution is 7.89. The van der Waals surface area contributed by atoms with Gasteiger partial charge >= 0.3 is 5.97 Å². The lowest BCUT2D eigenvalue weighted by molar-refractivity contribution is -0.142. The van der Waals surface area contributed by atoms with Crippen molar-refractivity contribution in [2.45, 2.75) is 31.7 Å². The number of ether oxygens (including phenoxy) is 1. The molecule has 0 radical (unpaired) electrons. The zero-order chi connectivity index (χ0) is 13.2. The number of aliphatic carboxylic acids is 1. The highest BCUT2D eigenvalue weighted by Gasteiger charge is 2.36. The molecule has 0 bridgehead atoms. The van der Waals surface area contributed by atoms with Crippen molar-refractivity contribution in [2.75, 3.05) is 19.0 Å². The molecule has 1 saturated carbocycles. The Kier molecular flexibility index (Phi) is 4.24. The van der Waals surface area contributed by atoms with E-state index in [4.69, 9.17) is 9.84 Å². The first-order valence-electron chi connectivity index (χ1n) is 6.28. The Hall–Kier alpha value is -0.660. The smallest absolute Gasteiger partial charge is 0.310 e. The van der Waals surface area contributed by atoms with Crippen molar-refractivity contribution < 1.29 is 23.1 Å². The summed E-state index contributed by atoms with van der Waals surface area (Å²) >= 11 is 0. The minimum absolute atomic E-state index is 0.0745. The second-order valence-electron chi connectivity index (χ2n) is 5.11. The van der Waals surface area contributed by atoms with Crippen molar-refractivity contribution in [2.24, 2.45) is 11.8 Å². The summed E-state index contributed by atoms with van der Waals surface area (Å²) in [6.45, 7) is 0.213. The van der Waals surface area contributed by atoms with Crippen molar-refractivity contribution >= 4 is 16.0 Å². The van der Waals surface area contributed by atoms with Crippen LogP contribution >= 0.6 is 0 Å². The Labute approximate surface area is 107 Å². The zero-order valence-corrected chi connectivity index (χ0v) is 11.0. The summed E-state index contributed by atoms with van der Waals surface area (Å²) in [5, 5.41) is 8.93. The lowest BCUT2D eigenvalue weighted by Gasteiger charge is -2.25. The van der Waals surface area contributed by atoms with Crippen molar-refractivity contribution in [1.82, 2.24) is 4.72 Å². The van der Waals surface area contributed by atoms with Gasteiger partial charge in [0.05, 0.1) is 30.9 Å². The zero-order valence-electron chi connectivity index (χ0n) is 10.2. The fourth-order valence-electron chi connectivity index (χ4n) is 2.31. The van der Waals surface area contributed by atoms with Crippen LogP contribution in [0.4, 0.5) is 0 Å². The lowest BCUT2D eigenvalue weighted by Crippen LogP contribution is -2.43. The molecule has 2 atom stereocenters. The van der Waals surface area contributed by atoms with Gasteiger partial charge in [0, 0.05) is 0 Å². The van der Waals surface area contributed by atoms with Crippen LogP contribution in [-0.2, 0) is 19.6 Å². The molecule has 0 amide bonds. The van der Waals surface area contributed by atoms with Crippen LogP contribution in [0.1, 0.15) is 25.7 Å². The van der Waals surface area contributed by atoms with Crippen LogP contribution in [0.25, 0.3) is 0 Å². The van der Waals surface area contributed by atoms with E-state index in [1.807, 2.05) is 0 Å². The van der Waals surface area contributed by atoms with E-state index in [0.717, 1.165) is 12.8 Å². The third kappa shape index (κ3) is 3.43. The van der Waals surface area contributed by atoms with Gasteiger partial charge in [-0.05, 0) is 12.3 Å². The number of carboxylic acid groups (broad SMARTS) is 1. The van der Waals surface area contributed by atoms with Gasteiger partial charge in [0.25, 0.3) is 0 Å². The average molecular weight is 277 g/mol. The third-order valence-corrected chi connectivity index (χ3v) is 5.18. The van der Waals surface area contributed by atoms with E-state index in [0.29, 0.717) is 12.3 Å². The molecule has 2 aliphatic rings. The summed E-state index contributed by atoms with van der Waals surface area (Å²) in [7, 11) is -3.40. The molecule has 0 aromatic heterocycles. The first-order valence-corrected chi connectivity index (χ1v) is 7.94. The molecule has 1 saturated heterocycles. The fourth-order valence-corrected chi connectivity index (χ4v) is 3.76. The van der Waals surface area contributed by atoms with Gasteiger partial charge < -0.3 is 9.84 Å². The fraction of sp³-hybridized carbons (Fsp3) is 0.909. The Morgan fingerprint density at radius 1 is 1.33 bits per heavy atom. The van der Waals surface area contributed by atoms with E-state index < -0.39 is 28.0 Å². The Bertz CT molecular complexity index is 404. The van der Waals surface area contributed by atoms with Crippen molar-refractivity contribution in [3.05, 3.63) is 0 Å². The number of hydrogen-bond donors (Lipinski definition) is 2. The van der Waals surface area contributed by atoms with E-state index >= 15 is 0 Å². The van der Waals surface area contributed by atoms with E-state index in [1.165, 1.54) is 6.42 Å². The topological polar surface area (TPSA) is 92.7 Å². The largest absolute Gasteiger partial charge is 0.481 e. The van der Waals surface area contributed by atoms with Gasteiger partial charge in [-0.1, -0.05) is 19.3 Å². The van der Waals surface area contributed by atoms with Gasteiger partial charge in [0.1, 0.15) is 0 Å². The highest BCUT2D eigenvalue weighted by Crippen LogP contribution is 2.29. The van der Waals surface area contributed by atoms with Crippen molar-refractivity contribution in [3.8, 4) is 0 Å².